The molecule has 2 aromatic heterocycles. The predicted molar refractivity (Wildman–Crippen MR) is 201 cm³/mol. The first-order chi connectivity index (χ1) is 24.3. The molecule has 0 fully saturated rings. The number of unbranched alkanes of at least 4 members (excludes halogenated alkanes) is 18. The Morgan fingerprint density at radius 1 is 0.560 bits per heavy atom. The van der Waals surface area contributed by atoms with E-state index in [9.17, 15) is 19.8 Å². The molecule has 0 saturated heterocycles. The van der Waals surface area contributed by atoms with Gasteiger partial charge < -0.3 is 19.7 Å². The summed E-state index contributed by atoms with van der Waals surface area (Å²) in [6, 6.07) is 6.42. The normalized spacial score (nSPS) is 12.3. The maximum Gasteiger partial charge on any atom is 0.336 e. The summed E-state index contributed by atoms with van der Waals surface area (Å²) in [6.45, 7) is 12.6. The first-order valence-electron chi connectivity index (χ1n) is 19.3. The molecule has 2 heterocycles. The number of esters is 2. The first kappa shape index (κ1) is 42.8. The molecule has 2 rings (SSSR count). The van der Waals surface area contributed by atoms with Crippen LogP contribution in [-0.4, -0.2) is 45.3 Å². The molecule has 8 heteroatoms. The van der Waals surface area contributed by atoms with Crippen LogP contribution in [-0.2, 0) is 19.1 Å². The minimum Gasteiger partial charge on any atom is -0.462 e. The van der Waals surface area contributed by atoms with E-state index in [1.165, 1.54) is 102 Å². The van der Waals surface area contributed by atoms with Crippen molar-refractivity contribution in [3.63, 3.8) is 0 Å². The molecule has 2 N–H and O–H groups in total. The van der Waals surface area contributed by atoms with E-state index in [1.54, 1.807) is 24.3 Å². The van der Waals surface area contributed by atoms with Crippen LogP contribution in [0.1, 0.15) is 166 Å². The van der Waals surface area contributed by atoms with Gasteiger partial charge in [-0.1, -0.05) is 143 Å². The highest BCUT2D eigenvalue weighted by molar-refractivity contribution is 5.89. The van der Waals surface area contributed by atoms with Crippen LogP contribution < -0.4 is 0 Å². The van der Waals surface area contributed by atoms with E-state index in [0.29, 0.717) is 35.7 Å². The van der Waals surface area contributed by atoms with Gasteiger partial charge in [-0.25, -0.2) is 9.59 Å². The van der Waals surface area contributed by atoms with E-state index in [4.69, 9.17) is 9.47 Å². The number of aliphatic hydroxyl groups excluding tert-OH is 2. The summed E-state index contributed by atoms with van der Waals surface area (Å²) in [5, 5.41) is 21.8. The molecule has 278 valence electrons. The van der Waals surface area contributed by atoms with Crippen molar-refractivity contribution in [1.82, 2.24) is 9.97 Å². The Balaban J connectivity index is 1.78. The third-order valence-corrected chi connectivity index (χ3v) is 9.11. The summed E-state index contributed by atoms with van der Waals surface area (Å²) in [4.78, 5) is 33.9. The Morgan fingerprint density at radius 3 is 1.18 bits per heavy atom. The van der Waals surface area contributed by atoms with Gasteiger partial charge in [0.2, 0.25) is 0 Å². The van der Waals surface area contributed by atoms with Crippen LogP contribution in [0.25, 0.3) is 11.4 Å². The van der Waals surface area contributed by atoms with E-state index >= 15 is 0 Å². The van der Waals surface area contributed by atoms with E-state index < -0.39 is 24.1 Å². The molecule has 0 radical (unpaired) electrons. The number of aromatic nitrogens is 2. The van der Waals surface area contributed by atoms with Gasteiger partial charge in [0.1, 0.15) is 12.2 Å². The number of carbonyl (C=O) groups excluding carboxylic acids is 2. The lowest BCUT2D eigenvalue weighted by Gasteiger charge is -2.16. The number of nitrogens with zero attached hydrogens (tertiary/aromatic N) is 2. The average Bonchev–Trinajstić information content (AvgIpc) is 3.14. The fraction of sp³-hybridized carbons (Fsp3) is 0.619. The number of rotatable bonds is 29. The SMILES string of the molecule is C=C(C(=O)OCCCCCCCCCCCC)C(O)c1ccnc(-c2cc(C(O)C(=C)C(=O)OCCCCCCCCCCCC)ccn2)c1. The van der Waals surface area contributed by atoms with Gasteiger partial charge in [0.15, 0.2) is 0 Å². The lowest BCUT2D eigenvalue weighted by molar-refractivity contribution is -0.141. The zero-order valence-electron chi connectivity index (χ0n) is 31.0. The summed E-state index contributed by atoms with van der Waals surface area (Å²) in [5.41, 5.74) is 1.53. The fourth-order valence-corrected chi connectivity index (χ4v) is 5.83. The van der Waals surface area contributed by atoms with Gasteiger partial charge >= 0.3 is 11.9 Å². The van der Waals surface area contributed by atoms with Crippen LogP contribution in [0, 0.1) is 0 Å². The van der Waals surface area contributed by atoms with Gasteiger partial charge in [-0.2, -0.15) is 0 Å². The Morgan fingerprint density at radius 2 is 0.860 bits per heavy atom. The Kier molecular flexibility index (Phi) is 22.6. The summed E-state index contributed by atoms with van der Waals surface area (Å²) >= 11 is 0. The number of hydrogen-bond donors (Lipinski definition) is 2. The van der Waals surface area contributed by atoms with Crippen LogP contribution in [0.4, 0.5) is 0 Å². The van der Waals surface area contributed by atoms with Crippen molar-refractivity contribution in [2.75, 3.05) is 13.2 Å². The van der Waals surface area contributed by atoms with Gasteiger partial charge in [0.05, 0.1) is 35.7 Å². The van der Waals surface area contributed by atoms with Crippen molar-refractivity contribution >= 4 is 11.9 Å². The molecule has 0 aliphatic carbocycles. The molecule has 0 aromatic carbocycles. The molecular weight excluding hydrogens is 628 g/mol. The van der Waals surface area contributed by atoms with Gasteiger partial charge in [-0.15, -0.1) is 0 Å². The maximum absolute atomic E-state index is 12.6. The molecule has 2 aromatic rings. The van der Waals surface area contributed by atoms with Crippen LogP contribution >= 0.6 is 0 Å². The van der Waals surface area contributed by atoms with Crippen molar-refractivity contribution in [3.05, 3.63) is 72.1 Å². The summed E-state index contributed by atoms with van der Waals surface area (Å²) in [6.07, 6.45) is 24.2. The van der Waals surface area contributed by atoms with Crippen LogP contribution in [0.2, 0.25) is 0 Å². The number of aliphatic hydroxyl groups is 2. The highest BCUT2D eigenvalue weighted by atomic mass is 16.5. The number of pyridine rings is 2. The predicted octanol–water partition coefficient (Wildman–Crippen LogP) is 10.3. The highest BCUT2D eigenvalue weighted by Gasteiger charge is 2.22. The standard InChI is InChI=1S/C42H64N2O6/c1-5-7-9-11-13-15-17-19-21-23-29-49-41(47)33(3)39(45)35-25-27-43-37(31-35)38-32-36(26-28-44-38)40(46)34(4)42(48)50-30-24-22-20-18-16-14-12-10-8-6-2/h25-28,31-32,39-40,45-46H,3-24,29-30H2,1-2H3. The van der Waals surface area contributed by atoms with E-state index in [-0.39, 0.29) is 11.1 Å². The minimum absolute atomic E-state index is 0.0565. The molecule has 50 heavy (non-hydrogen) atoms. The number of ether oxygens (including phenoxy) is 2. The van der Waals surface area contributed by atoms with Crippen molar-refractivity contribution in [1.29, 1.82) is 0 Å². The summed E-state index contributed by atoms with van der Waals surface area (Å²) in [5.74, 6) is -1.26. The molecule has 0 spiro atoms. The van der Waals surface area contributed by atoms with Crippen molar-refractivity contribution < 1.29 is 29.3 Å². The molecule has 0 amide bonds. The minimum atomic E-state index is -1.28. The first-order valence-corrected chi connectivity index (χ1v) is 19.3. The molecule has 0 saturated carbocycles. The smallest absolute Gasteiger partial charge is 0.336 e. The molecule has 2 atom stereocenters. The summed E-state index contributed by atoms with van der Waals surface area (Å²) < 4.78 is 10.8. The Bertz CT molecular complexity index is 1180. The maximum atomic E-state index is 12.6. The lowest BCUT2D eigenvalue weighted by Crippen LogP contribution is -2.15. The second-order valence-electron chi connectivity index (χ2n) is 13.4. The monoisotopic (exact) mass is 692 g/mol. The van der Waals surface area contributed by atoms with Gasteiger partial charge in [0, 0.05) is 12.4 Å². The van der Waals surface area contributed by atoms with Crippen molar-refractivity contribution in [2.45, 2.75) is 154 Å². The zero-order valence-corrected chi connectivity index (χ0v) is 31.0. The van der Waals surface area contributed by atoms with Gasteiger partial charge in [-0.3, -0.25) is 9.97 Å². The molecule has 0 bridgehead atoms. The molecular formula is C42H64N2O6. The van der Waals surface area contributed by atoms with Crippen LogP contribution in [0.3, 0.4) is 0 Å². The topological polar surface area (TPSA) is 119 Å². The highest BCUT2D eigenvalue weighted by Crippen LogP contribution is 2.28. The van der Waals surface area contributed by atoms with Crippen LogP contribution in [0.15, 0.2) is 61.0 Å². The quantitative estimate of drug-likeness (QED) is 0.0491. The van der Waals surface area contributed by atoms with E-state index in [1.807, 2.05) is 0 Å². The molecule has 2 unspecified atom stereocenters. The number of carbonyl (C=O) groups is 2. The van der Waals surface area contributed by atoms with Gasteiger partial charge in [-0.05, 0) is 48.2 Å². The molecule has 8 nitrogen and oxygen atoms in total. The van der Waals surface area contributed by atoms with E-state index in [0.717, 1.165) is 38.5 Å². The largest absolute Gasteiger partial charge is 0.462 e. The average molecular weight is 693 g/mol. The fourth-order valence-electron chi connectivity index (χ4n) is 5.83. The number of hydrogen-bond acceptors (Lipinski definition) is 8. The summed E-state index contributed by atoms with van der Waals surface area (Å²) in [7, 11) is 0. The third kappa shape index (κ3) is 17.0. The second kappa shape index (κ2) is 26.4. The van der Waals surface area contributed by atoms with Gasteiger partial charge in [0.25, 0.3) is 0 Å². The third-order valence-electron chi connectivity index (χ3n) is 9.11. The Hall–Kier alpha value is -3.36. The van der Waals surface area contributed by atoms with Crippen molar-refractivity contribution in [2.24, 2.45) is 0 Å². The lowest BCUT2D eigenvalue weighted by atomic mass is 10.0. The van der Waals surface area contributed by atoms with E-state index in [2.05, 4.69) is 37.0 Å². The molecule has 0 aliphatic heterocycles. The zero-order chi connectivity index (χ0) is 36.4. The van der Waals surface area contributed by atoms with Crippen LogP contribution in [0.5, 0.6) is 0 Å². The Labute approximate surface area is 301 Å². The molecule has 0 aliphatic rings. The second-order valence-corrected chi connectivity index (χ2v) is 13.4. The van der Waals surface area contributed by atoms with Crippen molar-refractivity contribution in [3.8, 4) is 11.4 Å².